The Bertz CT molecular complexity index is 743. The van der Waals surface area contributed by atoms with E-state index in [1.807, 2.05) is 0 Å². The van der Waals surface area contributed by atoms with Gasteiger partial charge in [-0.15, -0.1) is 0 Å². The molecule has 1 aromatic carbocycles. The zero-order valence-electron chi connectivity index (χ0n) is 10.8. The Morgan fingerprint density at radius 1 is 1.48 bits per heavy atom. The van der Waals surface area contributed by atoms with E-state index >= 15 is 0 Å². The normalized spacial score (nSPS) is 9.76. The van der Waals surface area contributed by atoms with Crippen molar-refractivity contribution in [3.05, 3.63) is 51.8 Å². The van der Waals surface area contributed by atoms with E-state index in [-0.39, 0.29) is 28.7 Å². The van der Waals surface area contributed by atoms with Gasteiger partial charge in [0, 0.05) is 7.05 Å². The van der Waals surface area contributed by atoms with Crippen molar-refractivity contribution in [3.8, 4) is 17.7 Å². The highest BCUT2D eigenvalue weighted by molar-refractivity contribution is 5.50. The summed E-state index contributed by atoms with van der Waals surface area (Å²) in [5, 5.41) is 22.4. The van der Waals surface area contributed by atoms with Crippen molar-refractivity contribution in [2.75, 3.05) is 12.4 Å². The van der Waals surface area contributed by atoms with Gasteiger partial charge in [0.05, 0.1) is 17.1 Å². The van der Waals surface area contributed by atoms with E-state index in [1.54, 1.807) is 13.1 Å². The standard InChI is InChI=1S/C13H9FN4O3/c1-16-12-5-8(18(19)20)6-13(17-12)21-11-4-2-3-10(14)9(11)7-15/h2-6H,1H3,(H,16,17). The number of benzene rings is 1. The molecule has 1 N–H and O–H groups in total. The minimum absolute atomic E-state index is 0.0625. The summed E-state index contributed by atoms with van der Waals surface area (Å²) in [6.45, 7) is 0. The fourth-order valence-electron chi connectivity index (χ4n) is 1.59. The molecule has 0 fully saturated rings. The molecule has 21 heavy (non-hydrogen) atoms. The van der Waals surface area contributed by atoms with Gasteiger partial charge >= 0.3 is 0 Å². The van der Waals surface area contributed by atoms with Crippen LogP contribution in [0.1, 0.15) is 5.56 Å². The smallest absolute Gasteiger partial charge is 0.278 e. The van der Waals surface area contributed by atoms with Crippen LogP contribution in [0.2, 0.25) is 0 Å². The highest BCUT2D eigenvalue weighted by Gasteiger charge is 2.15. The maximum atomic E-state index is 13.5. The van der Waals surface area contributed by atoms with Gasteiger partial charge in [-0.25, -0.2) is 4.39 Å². The van der Waals surface area contributed by atoms with Crippen LogP contribution in [0, 0.1) is 27.3 Å². The lowest BCUT2D eigenvalue weighted by atomic mass is 10.2. The fraction of sp³-hybridized carbons (Fsp3) is 0.0769. The molecule has 0 amide bonds. The molecule has 8 heteroatoms. The van der Waals surface area contributed by atoms with Crippen LogP contribution in [0.5, 0.6) is 11.6 Å². The maximum Gasteiger partial charge on any atom is 0.278 e. The number of nitrogens with one attached hydrogen (secondary N) is 1. The van der Waals surface area contributed by atoms with E-state index in [4.69, 9.17) is 10.00 Å². The predicted octanol–water partition coefficient (Wildman–Crippen LogP) is 2.83. The van der Waals surface area contributed by atoms with Crippen molar-refractivity contribution in [3.63, 3.8) is 0 Å². The molecule has 0 aliphatic carbocycles. The largest absolute Gasteiger partial charge is 0.437 e. The maximum absolute atomic E-state index is 13.5. The van der Waals surface area contributed by atoms with E-state index in [1.165, 1.54) is 18.2 Å². The average molecular weight is 288 g/mol. The number of nitro groups is 1. The molecule has 7 nitrogen and oxygen atoms in total. The summed E-state index contributed by atoms with van der Waals surface area (Å²) in [5.41, 5.74) is -0.531. The molecule has 0 saturated heterocycles. The summed E-state index contributed by atoms with van der Waals surface area (Å²) in [7, 11) is 1.54. The van der Waals surface area contributed by atoms with Crippen LogP contribution in [0.15, 0.2) is 30.3 Å². The lowest BCUT2D eigenvalue weighted by Gasteiger charge is -2.08. The van der Waals surface area contributed by atoms with Crippen LogP contribution in [-0.4, -0.2) is 17.0 Å². The van der Waals surface area contributed by atoms with Crippen LogP contribution < -0.4 is 10.1 Å². The monoisotopic (exact) mass is 288 g/mol. The Hall–Kier alpha value is -3.21. The van der Waals surface area contributed by atoms with Gasteiger partial charge in [0.15, 0.2) is 0 Å². The number of ether oxygens (including phenoxy) is 1. The number of nitriles is 1. The molecular weight excluding hydrogens is 279 g/mol. The molecule has 0 atom stereocenters. The Morgan fingerprint density at radius 3 is 2.86 bits per heavy atom. The van der Waals surface area contributed by atoms with Crippen LogP contribution >= 0.6 is 0 Å². The minimum Gasteiger partial charge on any atom is -0.437 e. The van der Waals surface area contributed by atoms with Gasteiger partial charge in [0.2, 0.25) is 5.88 Å². The van der Waals surface area contributed by atoms with Crippen molar-refractivity contribution in [1.29, 1.82) is 5.26 Å². The molecule has 0 aliphatic heterocycles. The minimum atomic E-state index is -0.741. The molecule has 1 heterocycles. The van der Waals surface area contributed by atoms with Crippen LogP contribution in [0.3, 0.4) is 0 Å². The van der Waals surface area contributed by atoms with Crippen molar-refractivity contribution in [2.24, 2.45) is 0 Å². The van der Waals surface area contributed by atoms with Crippen LogP contribution in [0.25, 0.3) is 0 Å². The number of hydrogen-bond acceptors (Lipinski definition) is 6. The third-order valence-corrected chi connectivity index (χ3v) is 2.56. The predicted molar refractivity (Wildman–Crippen MR) is 71.6 cm³/mol. The van der Waals surface area contributed by atoms with E-state index < -0.39 is 10.7 Å². The number of anilines is 1. The Labute approximate surface area is 118 Å². The SMILES string of the molecule is CNc1cc([N+](=O)[O-])cc(Oc2cccc(F)c2C#N)n1. The molecule has 106 valence electrons. The molecular formula is C13H9FN4O3. The zero-order chi connectivity index (χ0) is 15.4. The molecule has 0 radical (unpaired) electrons. The molecule has 0 saturated carbocycles. The first kappa shape index (κ1) is 14.2. The van der Waals surface area contributed by atoms with E-state index in [2.05, 4.69) is 10.3 Å². The summed E-state index contributed by atoms with van der Waals surface area (Å²) in [5.74, 6) is -0.702. The summed E-state index contributed by atoms with van der Waals surface area (Å²) < 4.78 is 18.8. The zero-order valence-corrected chi connectivity index (χ0v) is 10.8. The topological polar surface area (TPSA) is 101 Å². The van der Waals surface area contributed by atoms with Crippen molar-refractivity contribution in [1.82, 2.24) is 4.98 Å². The van der Waals surface area contributed by atoms with Gasteiger partial charge < -0.3 is 10.1 Å². The molecule has 0 unspecified atom stereocenters. The first-order valence-electron chi connectivity index (χ1n) is 5.76. The lowest BCUT2D eigenvalue weighted by molar-refractivity contribution is -0.384. The second kappa shape index (κ2) is 5.83. The van der Waals surface area contributed by atoms with Gasteiger partial charge in [0.25, 0.3) is 5.69 Å². The second-order valence-electron chi connectivity index (χ2n) is 3.88. The lowest BCUT2D eigenvalue weighted by Crippen LogP contribution is -1.99. The third-order valence-electron chi connectivity index (χ3n) is 2.56. The highest BCUT2D eigenvalue weighted by atomic mass is 19.1. The Balaban J connectivity index is 2.45. The Morgan fingerprint density at radius 2 is 2.24 bits per heavy atom. The quantitative estimate of drug-likeness (QED) is 0.685. The van der Waals surface area contributed by atoms with Crippen molar-refractivity contribution in [2.45, 2.75) is 0 Å². The van der Waals surface area contributed by atoms with E-state index in [0.717, 1.165) is 12.1 Å². The second-order valence-corrected chi connectivity index (χ2v) is 3.88. The molecule has 0 aliphatic rings. The molecule has 2 aromatic rings. The first-order valence-corrected chi connectivity index (χ1v) is 5.76. The number of hydrogen-bond donors (Lipinski definition) is 1. The van der Waals surface area contributed by atoms with Gasteiger partial charge in [-0.3, -0.25) is 10.1 Å². The molecule has 0 bridgehead atoms. The molecule has 0 spiro atoms. The summed E-state index contributed by atoms with van der Waals surface area (Å²) in [6.07, 6.45) is 0. The summed E-state index contributed by atoms with van der Waals surface area (Å²) in [6, 6.07) is 7.84. The molecule has 2 rings (SSSR count). The third kappa shape index (κ3) is 3.03. The highest BCUT2D eigenvalue weighted by Crippen LogP contribution is 2.29. The molecule has 1 aromatic heterocycles. The van der Waals surface area contributed by atoms with E-state index in [9.17, 15) is 14.5 Å². The van der Waals surface area contributed by atoms with Crippen molar-refractivity contribution >= 4 is 11.5 Å². The van der Waals surface area contributed by atoms with Crippen molar-refractivity contribution < 1.29 is 14.1 Å². The van der Waals surface area contributed by atoms with Gasteiger partial charge in [-0.05, 0) is 12.1 Å². The number of halogens is 1. The average Bonchev–Trinajstić information content (AvgIpc) is 2.47. The van der Waals surface area contributed by atoms with Crippen LogP contribution in [-0.2, 0) is 0 Å². The van der Waals surface area contributed by atoms with Gasteiger partial charge in [-0.1, -0.05) is 6.07 Å². The number of aromatic nitrogens is 1. The summed E-state index contributed by atoms with van der Waals surface area (Å²) >= 11 is 0. The van der Waals surface area contributed by atoms with Crippen LogP contribution in [0.4, 0.5) is 15.9 Å². The first-order chi connectivity index (χ1) is 10.0. The van der Waals surface area contributed by atoms with Gasteiger partial charge in [-0.2, -0.15) is 10.2 Å². The number of nitrogens with zero attached hydrogens (tertiary/aromatic N) is 3. The number of pyridine rings is 1. The summed E-state index contributed by atoms with van der Waals surface area (Å²) in [4.78, 5) is 14.2. The fourth-order valence-corrected chi connectivity index (χ4v) is 1.59. The number of rotatable bonds is 4. The van der Waals surface area contributed by atoms with E-state index in [0.29, 0.717) is 0 Å². The Kier molecular flexibility index (Phi) is 3.95. The van der Waals surface area contributed by atoms with Gasteiger partial charge in [0.1, 0.15) is 29.0 Å².